The number of hydrogen-bond acceptors (Lipinski definition) is 4. The summed E-state index contributed by atoms with van der Waals surface area (Å²) < 4.78 is 7.10. The summed E-state index contributed by atoms with van der Waals surface area (Å²) in [6.45, 7) is 1.89. The van der Waals surface area contributed by atoms with Crippen LogP contribution in [-0.2, 0) is 0 Å². The molecule has 1 aliphatic rings. The number of nitrogens with zero attached hydrogens (tertiary/aromatic N) is 3. The molecule has 0 radical (unpaired) electrons. The highest BCUT2D eigenvalue weighted by Gasteiger charge is 2.12. The summed E-state index contributed by atoms with van der Waals surface area (Å²) in [7, 11) is 1.66. The summed E-state index contributed by atoms with van der Waals surface area (Å²) >= 11 is 0. The number of hydrogen-bond donors (Lipinski definition) is 1. The quantitative estimate of drug-likeness (QED) is 0.907. The maximum Gasteiger partial charge on any atom is 0.144 e. The summed E-state index contributed by atoms with van der Waals surface area (Å²) in [5.74, 6) is 0.790. The van der Waals surface area contributed by atoms with Gasteiger partial charge in [0.15, 0.2) is 0 Å². The van der Waals surface area contributed by atoms with Gasteiger partial charge < -0.3 is 10.1 Å². The SMILES string of the molecule is COc1ccccc1-n1cc(C2=CCNCC2)nn1. The number of benzene rings is 1. The summed E-state index contributed by atoms with van der Waals surface area (Å²) in [6, 6.07) is 7.78. The van der Waals surface area contributed by atoms with Crippen LogP contribution < -0.4 is 10.1 Å². The van der Waals surface area contributed by atoms with E-state index in [2.05, 4.69) is 21.7 Å². The number of para-hydroxylation sites is 2. The van der Waals surface area contributed by atoms with Crippen LogP contribution in [0.1, 0.15) is 12.1 Å². The van der Waals surface area contributed by atoms with E-state index in [0.717, 1.165) is 36.6 Å². The van der Waals surface area contributed by atoms with Gasteiger partial charge in [-0.25, -0.2) is 4.68 Å². The van der Waals surface area contributed by atoms with Crippen molar-refractivity contribution in [3.63, 3.8) is 0 Å². The molecule has 3 rings (SSSR count). The van der Waals surface area contributed by atoms with Crippen LogP contribution in [0.2, 0.25) is 0 Å². The van der Waals surface area contributed by atoms with Crippen molar-refractivity contribution < 1.29 is 4.74 Å². The lowest BCUT2D eigenvalue weighted by Gasteiger charge is -2.11. The Hall–Kier alpha value is -2.14. The maximum absolute atomic E-state index is 5.34. The van der Waals surface area contributed by atoms with E-state index >= 15 is 0 Å². The molecule has 1 aliphatic heterocycles. The highest BCUT2D eigenvalue weighted by Crippen LogP contribution is 2.23. The topological polar surface area (TPSA) is 52.0 Å². The summed E-state index contributed by atoms with van der Waals surface area (Å²) in [5, 5.41) is 11.7. The van der Waals surface area contributed by atoms with Crippen molar-refractivity contribution in [2.24, 2.45) is 0 Å². The zero-order valence-electron chi connectivity index (χ0n) is 10.8. The lowest BCUT2D eigenvalue weighted by Crippen LogP contribution is -2.20. The average molecular weight is 256 g/mol. The van der Waals surface area contributed by atoms with E-state index < -0.39 is 0 Å². The van der Waals surface area contributed by atoms with E-state index in [1.165, 1.54) is 5.57 Å². The van der Waals surface area contributed by atoms with Crippen LogP contribution >= 0.6 is 0 Å². The Labute approximate surface area is 111 Å². The van der Waals surface area contributed by atoms with Crippen LogP contribution in [-0.4, -0.2) is 35.2 Å². The Morgan fingerprint density at radius 3 is 3.00 bits per heavy atom. The monoisotopic (exact) mass is 256 g/mol. The zero-order chi connectivity index (χ0) is 13.1. The molecule has 0 spiro atoms. The molecule has 5 nitrogen and oxygen atoms in total. The number of rotatable bonds is 3. The first-order valence-electron chi connectivity index (χ1n) is 6.34. The van der Waals surface area contributed by atoms with Crippen LogP contribution in [0.25, 0.3) is 11.3 Å². The van der Waals surface area contributed by atoms with Crippen molar-refractivity contribution in [2.75, 3.05) is 20.2 Å². The van der Waals surface area contributed by atoms with Gasteiger partial charge >= 0.3 is 0 Å². The largest absolute Gasteiger partial charge is 0.494 e. The van der Waals surface area contributed by atoms with Crippen LogP contribution in [0.3, 0.4) is 0 Å². The molecule has 0 atom stereocenters. The molecule has 5 heteroatoms. The standard InChI is InChI=1S/C14H16N4O/c1-19-14-5-3-2-4-13(14)18-10-12(16-17-18)11-6-8-15-9-7-11/h2-6,10,15H,7-9H2,1H3. The molecule has 19 heavy (non-hydrogen) atoms. The molecule has 0 amide bonds. The van der Waals surface area contributed by atoms with Crippen LogP contribution in [0.15, 0.2) is 36.5 Å². The van der Waals surface area contributed by atoms with E-state index in [4.69, 9.17) is 4.74 Å². The van der Waals surface area contributed by atoms with Gasteiger partial charge in [-0.1, -0.05) is 23.4 Å². The van der Waals surface area contributed by atoms with Crippen LogP contribution in [0, 0.1) is 0 Å². The highest BCUT2D eigenvalue weighted by molar-refractivity contribution is 5.63. The van der Waals surface area contributed by atoms with E-state index in [1.54, 1.807) is 11.8 Å². The van der Waals surface area contributed by atoms with Crippen molar-refractivity contribution in [3.05, 3.63) is 42.2 Å². The third kappa shape index (κ3) is 2.37. The molecular formula is C14H16N4O. The van der Waals surface area contributed by atoms with Gasteiger partial charge in [0.05, 0.1) is 13.3 Å². The smallest absolute Gasteiger partial charge is 0.144 e. The minimum absolute atomic E-state index is 0.790. The van der Waals surface area contributed by atoms with Gasteiger partial charge in [0.1, 0.15) is 17.1 Å². The van der Waals surface area contributed by atoms with Gasteiger partial charge in [0, 0.05) is 6.54 Å². The molecule has 98 valence electrons. The Morgan fingerprint density at radius 2 is 2.21 bits per heavy atom. The highest BCUT2D eigenvalue weighted by atomic mass is 16.5. The van der Waals surface area contributed by atoms with Gasteiger partial charge in [-0.05, 0) is 30.7 Å². The maximum atomic E-state index is 5.34. The molecular weight excluding hydrogens is 240 g/mol. The van der Waals surface area contributed by atoms with E-state index in [9.17, 15) is 0 Å². The van der Waals surface area contributed by atoms with Crippen molar-refractivity contribution in [2.45, 2.75) is 6.42 Å². The normalized spacial score (nSPS) is 15.1. The fourth-order valence-corrected chi connectivity index (χ4v) is 2.20. The van der Waals surface area contributed by atoms with Gasteiger partial charge in [0.25, 0.3) is 0 Å². The first-order chi connectivity index (χ1) is 9.38. The molecule has 0 fully saturated rings. The van der Waals surface area contributed by atoms with E-state index in [1.807, 2.05) is 30.5 Å². The fraction of sp³-hybridized carbons (Fsp3) is 0.286. The third-order valence-electron chi connectivity index (χ3n) is 3.22. The van der Waals surface area contributed by atoms with Gasteiger partial charge in [-0.15, -0.1) is 5.10 Å². The minimum Gasteiger partial charge on any atom is -0.494 e. The number of aromatic nitrogens is 3. The lowest BCUT2D eigenvalue weighted by atomic mass is 10.1. The van der Waals surface area contributed by atoms with Crippen LogP contribution in [0.4, 0.5) is 0 Å². The molecule has 1 aromatic heterocycles. The molecule has 1 N–H and O–H groups in total. The minimum atomic E-state index is 0.790. The Balaban J connectivity index is 1.94. The lowest BCUT2D eigenvalue weighted by molar-refractivity contribution is 0.411. The average Bonchev–Trinajstić information content (AvgIpc) is 2.98. The second-order valence-electron chi connectivity index (χ2n) is 4.40. The predicted molar refractivity (Wildman–Crippen MR) is 73.4 cm³/mol. The molecule has 0 aliphatic carbocycles. The van der Waals surface area contributed by atoms with Gasteiger partial charge in [-0.3, -0.25) is 0 Å². The molecule has 0 saturated heterocycles. The van der Waals surface area contributed by atoms with Crippen LogP contribution in [0.5, 0.6) is 5.75 Å². The molecule has 2 aromatic rings. The van der Waals surface area contributed by atoms with Crippen molar-refractivity contribution >= 4 is 5.57 Å². The van der Waals surface area contributed by atoms with Crippen molar-refractivity contribution in [1.29, 1.82) is 0 Å². The number of methoxy groups -OCH3 is 1. The number of nitrogens with one attached hydrogen (secondary N) is 1. The van der Waals surface area contributed by atoms with Crippen molar-refractivity contribution in [3.8, 4) is 11.4 Å². The third-order valence-corrected chi connectivity index (χ3v) is 3.22. The molecule has 0 saturated carbocycles. The first-order valence-corrected chi connectivity index (χ1v) is 6.34. The summed E-state index contributed by atoms with van der Waals surface area (Å²) in [6.07, 6.45) is 5.11. The van der Waals surface area contributed by atoms with Crippen molar-refractivity contribution in [1.82, 2.24) is 20.3 Å². The van der Waals surface area contributed by atoms with Gasteiger partial charge in [0.2, 0.25) is 0 Å². The Bertz CT molecular complexity index is 603. The Kier molecular flexibility index (Phi) is 3.29. The molecule has 0 unspecified atom stereocenters. The second kappa shape index (κ2) is 5.24. The predicted octanol–water partition coefficient (Wildman–Crippen LogP) is 1.65. The van der Waals surface area contributed by atoms with Gasteiger partial charge in [-0.2, -0.15) is 0 Å². The Morgan fingerprint density at radius 1 is 1.32 bits per heavy atom. The zero-order valence-corrected chi connectivity index (χ0v) is 10.8. The second-order valence-corrected chi connectivity index (χ2v) is 4.40. The van der Waals surface area contributed by atoms with E-state index in [0.29, 0.717) is 0 Å². The fourth-order valence-electron chi connectivity index (χ4n) is 2.20. The van der Waals surface area contributed by atoms with E-state index in [-0.39, 0.29) is 0 Å². The molecule has 1 aromatic carbocycles. The number of ether oxygens (including phenoxy) is 1. The molecule has 0 bridgehead atoms. The molecule has 2 heterocycles. The summed E-state index contributed by atoms with van der Waals surface area (Å²) in [4.78, 5) is 0. The first kappa shape index (κ1) is 11.9. The summed E-state index contributed by atoms with van der Waals surface area (Å²) in [5.41, 5.74) is 3.09.